The van der Waals surface area contributed by atoms with E-state index in [0.29, 0.717) is 16.7 Å². The molecule has 0 aliphatic carbocycles. The third kappa shape index (κ3) is 3.81. The number of fused-ring (bicyclic) bond motifs is 1. The predicted octanol–water partition coefficient (Wildman–Crippen LogP) is 5.29. The number of hydrogen-bond acceptors (Lipinski definition) is 5. The van der Waals surface area contributed by atoms with Crippen molar-refractivity contribution in [2.24, 2.45) is 0 Å². The summed E-state index contributed by atoms with van der Waals surface area (Å²) in [5.41, 5.74) is 1.13. The fourth-order valence-corrected chi connectivity index (χ4v) is 4.05. The van der Waals surface area contributed by atoms with E-state index in [9.17, 15) is 13.2 Å². The summed E-state index contributed by atoms with van der Waals surface area (Å²) in [5.74, 6) is 0. The van der Waals surface area contributed by atoms with E-state index in [1.54, 1.807) is 6.20 Å². The molecule has 5 nitrogen and oxygen atoms in total. The van der Waals surface area contributed by atoms with Crippen LogP contribution in [0.3, 0.4) is 0 Å². The van der Waals surface area contributed by atoms with Gasteiger partial charge in [0, 0.05) is 48.7 Å². The Morgan fingerprint density at radius 3 is 2.86 bits per heavy atom. The molecule has 0 amide bonds. The van der Waals surface area contributed by atoms with Crippen molar-refractivity contribution in [2.75, 3.05) is 5.32 Å². The first kappa shape index (κ1) is 18.7. The minimum atomic E-state index is -4.44. The smallest absolute Gasteiger partial charge is 0.357 e. The van der Waals surface area contributed by atoms with Crippen LogP contribution in [0.2, 0.25) is 5.15 Å². The van der Waals surface area contributed by atoms with Gasteiger partial charge in [0.25, 0.3) is 0 Å². The second-order valence-electron chi connectivity index (χ2n) is 6.01. The maximum Gasteiger partial charge on any atom is 0.416 e. The van der Waals surface area contributed by atoms with Gasteiger partial charge < -0.3 is 10.3 Å². The van der Waals surface area contributed by atoms with Crippen LogP contribution in [0.1, 0.15) is 21.6 Å². The maximum atomic E-state index is 13.1. The van der Waals surface area contributed by atoms with E-state index in [-0.39, 0.29) is 12.1 Å². The molecular weight excluding hydrogens is 411 g/mol. The van der Waals surface area contributed by atoms with Crippen LogP contribution in [0.15, 0.2) is 43.0 Å². The summed E-state index contributed by atoms with van der Waals surface area (Å²) in [4.78, 5) is 16.2. The van der Waals surface area contributed by atoms with E-state index >= 15 is 0 Å². The first-order valence-corrected chi connectivity index (χ1v) is 9.41. The highest BCUT2D eigenvalue weighted by Crippen LogP contribution is 2.33. The molecule has 28 heavy (non-hydrogen) atoms. The molecule has 2 N–H and O–H groups in total. The van der Waals surface area contributed by atoms with Crippen LogP contribution in [0.5, 0.6) is 0 Å². The molecule has 0 saturated carbocycles. The number of hydrogen-bond donors (Lipinski definition) is 2. The van der Waals surface area contributed by atoms with Crippen LogP contribution in [-0.4, -0.2) is 19.9 Å². The van der Waals surface area contributed by atoms with E-state index < -0.39 is 11.7 Å². The zero-order valence-corrected chi connectivity index (χ0v) is 15.8. The summed E-state index contributed by atoms with van der Waals surface area (Å²) in [5, 5.41) is 4.69. The zero-order chi connectivity index (χ0) is 19.7. The molecule has 144 valence electrons. The quantitative estimate of drug-likeness (QED) is 0.457. The zero-order valence-electron chi connectivity index (χ0n) is 14.2. The lowest BCUT2D eigenvalue weighted by atomic mass is 10.1. The third-order valence-corrected chi connectivity index (χ3v) is 5.61. The van der Waals surface area contributed by atoms with Crippen LogP contribution in [0, 0.1) is 0 Å². The molecular formula is C18H13ClF3N5S. The summed E-state index contributed by atoms with van der Waals surface area (Å²) in [6.07, 6.45) is 2.01. The second kappa shape index (κ2) is 7.40. The van der Waals surface area contributed by atoms with Crippen molar-refractivity contribution >= 4 is 39.1 Å². The number of anilines is 1. The SMILES string of the molecule is FC(F)(F)c1ccncc1CNc1nc(Cl)c(Cc2c[nH]c3ncccc23)s1. The highest BCUT2D eigenvalue weighted by Gasteiger charge is 2.33. The summed E-state index contributed by atoms with van der Waals surface area (Å²) < 4.78 is 39.3. The molecule has 0 aliphatic heterocycles. The Morgan fingerprint density at radius 2 is 2.04 bits per heavy atom. The molecule has 0 aliphatic rings. The number of thiazole rings is 1. The molecule has 0 fully saturated rings. The van der Waals surface area contributed by atoms with Crippen molar-refractivity contribution in [3.8, 4) is 0 Å². The van der Waals surface area contributed by atoms with Crippen LogP contribution in [-0.2, 0) is 19.1 Å². The summed E-state index contributed by atoms with van der Waals surface area (Å²) >= 11 is 7.55. The minimum absolute atomic E-state index is 0.0468. The number of nitrogens with one attached hydrogen (secondary N) is 2. The molecule has 0 bridgehead atoms. The van der Waals surface area contributed by atoms with Crippen molar-refractivity contribution in [3.05, 3.63) is 69.7 Å². The summed E-state index contributed by atoms with van der Waals surface area (Å²) in [6, 6.07) is 4.78. The number of rotatable bonds is 5. The average Bonchev–Trinajstić information content (AvgIpc) is 3.24. The van der Waals surface area contributed by atoms with E-state index in [4.69, 9.17) is 11.6 Å². The Bertz CT molecular complexity index is 1120. The molecule has 0 spiro atoms. The Hall–Kier alpha value is -2.65. The average molecular weight is 424 g/mol. The van der Waals surface area contributed by atoms with Gasteiger partial charge in [-0.25, -0.2) is 9.97 Å². The van der Waals surface area contributed by atoms with E-state index in [0.717, 1.165) is 33.7 Å². The predicted molar refractivity (Wildman–Crippen MR) is 103 cm³/mol. The summed E-state index contributed by atoms with van der Waals surface area (Å²) in [6.45, 7) is -0.0526. The molecule has 0 unspecified atom stereocenters. The van der Waals surface area contributed by atoms with Crippen molar-refractivity contribution in [3.63, 3.8) is 0 Å². The minimum Gasteiger partial charge on any atom is -0.357 e. The Kier molecular flexibility index (Phi) is 4.94. The van der Waals surface area contributed by atoms with Gasteiger partial charge in [-0.1, -0.05) is 11.6 Å². The van der Waals surface area contributed by atoms with Crippen LogP contribution in [0.25, 0.3) is 11.0 Å². The van der Waals surface area contributed by atoms with Gasteiger partial charge >= 0.3 is 6.18 Å². The Labute approximate surface area is 166 Å². The topological polar surface area (TPSA) is 66.5 Å². The van der Waals surface area contributed by atoms with Crippen molar-refractivity contribution in [1.82, 2.24) is 19.9 Å². The molecule has 0 radical (unpaired) electrons. The van der Waals surface area contributed by atoms with Gasteiger partial charge in [-0.05, 0) is 23.8 Å². The van der Waals surface area contributed by atoms with E-state index in [1.165, 1.54) is 17.5 Å². The number of pyridine rings is 2. The van der Waals surface area contributed by atoms with Gasteiger partial charge in [-0.3, -0.25) is 4.98 Å². The third-order valence-electron chi connectivity index (χ3n) is 4.18. The fraction of sp³-hybridized carbons (Fsp3) is 0.167. The standard InChI is InChI=1S/C18H13ClF3N5S/c19-15-14(6-10-8-25-16-12(10)2-1-4-24-16)28-17(27-15)26-9-11-7-23-5-3-13(11)18(20,21)22/h1-5,7-8H,6,9H2,(H,24,25)(H,26,27). The molecule has 4 rings (SSSR count). The lowest BCUT2D eigenvalue weighted by Gasteiger charge is -2.12. The summed E-state index contributed by atoms with van der Waals surface area (Å²) in [7, 11) is 0. The fourth-order valence-electron chi connectivity index (χ4n) is 2.87. The number of H-pyrrole nitrogens is 1. The molecule has 4 aromatic heterocycles. The molecule has 4 aromatic rings. The number of alkyl halides is 3. The molecule has 0 atom stereocenters. The highest BCUT2D eigenvalue weighted by molar-refractivity contribution is 7.16. The van der Waals surface area contributed by atoms with Crippen LogP contribution in [0.4, 0.5) is 18.3 Å². The molecule has 4 heterocycles. The Morgan fingerprint density at radius 1 is 1.18 bits per heavy atom. The number of aromatic nitrogens is 4. The van der Waals surface area contributed by atoms with Crippen molar-refractivity contribution in [2.45, 2.75) is 19.1 Å². The number of nitrogens with zero attached hydrogens (tertiary/aromatic N) is 3. The van der Waals surface area contributed by atoms with Gasteiger partial charge in [0.1, 0.15) is 10.8 Å². The first-order chi connectivity index (χ1) is 13.4. The van der Waals surface area contributed by atoms with Gasteiger partial charge in [-0.15, -0.1) is 11.3 Å². The van der Waals surface area contributed by atoms with Gasteiger partial charge in [0.05, 0.1) is 10.4 Å². The number of aromatic amines is 1. The monoisotopic (exact) mass is 423 g/mol. The maximum absolute atomic E-state index is 13.1. The van der Waals surface area contributed by atoms with Crippen molar-refractivity contribution in [1.29, 1.82) is 0 Å². The van der Waals surface area contributed by atoms with Gasteiger partial charge in [0.2, 0.25) is 0 Å². The highest BCUT2D eigenvalue weighted by atomic mass is 35.5. The number of halogens is 4. The lowest BCUT2D eigenvalue weighted by molar-refractivity contribution is -0.138. The lowest BCUT2D eigenvalue weighted by Crippen LogP contribution is -2.12. The van der Waals surface area contributed by atoms with Gasteiger partial charge in [-0.2, -0.15) is 13.2 Å². The first-order valence-electron chi connectivity index (χ1n) is 8.22. The van der Waals surface area contributed by atoms with Gasteiger partial charge in [0.15, 0.2) is 5.13 Å². The van der Waals surface area contributed by atoms with Crippen LogP contribution < -0.4 is 5.32 Å². The van der Waals surface area contributed by atoms with E-state index in [1.807, 2.05) is 18.3 Å². The molecule has 0 saturated heterocycles. The molecule has 10 heteroatoms. The van der Waals surface area contributed by atoms with Crippen LogP contribution >= 0.6 is 22.9 Å². The Balaban J connectivity index is 1.51. The largest absolute Gasteiger partial charge is 0.416 e. The molecule has 0 aromatic carbocycles. The van der Waals surface area contributed by atoms with Crippen molar-refractivity contribution < 1.29 is 13.2 Å². The van der Waals surface area contributed by atoms with E-state index in [2.05, 4.69) is 25.3 Å². The second-order valence-corrected chi connectivity index (χ2v) is 7.45. The normalized spacial score (nSPS) is 11.9.